The summed E-state index contributed by atoms with van der Waals surface area (Å²) in [4.78, 5) is 20.1. The van der Waals surface area contributed by atoms with E-state index < -0.39 is 63.3 Å². The van der Waals surface area contributed by atoms with Gasteiger partial charge in [0.05, 0.1) is 11.1 Å². The van der Waals surface area contributed by atoms with Crippen LogP contribution < -0.4 is 10.9 Å². The number of nitrogens with zero attached hydrogens (tertiary/aromatic N) is 4. The van der Waals surface area contributed by atoms with Crippen molar-refractivity contribution in [1.82, 2.24) is 19.3 Å². The van der Waals surface area contributed by atoms with Crippen LogP contribution in [0.5, 0.6) is 0 Å². The minimum atomic E-state index is -4.76. The average Bonchev–Trinajstić information content (AvgIpc) is 2.87. The van der Waals surface area contributed by atoms with Gasteiger partial charge in [0.1, 0.15) is 34.5 Å². The summed E-state index contributed by atoms with van der Waals surface area (Å²) < 4.78 is 83.7. The highest BCUT2D eigenvalue weighted by Gasteiger charge is 2.37. The minimum absolute atomic E-state index is 0.278. The number of rotatable bonds is 4. The van der Waals surface area contributed by atoms with Gasteiger partial charge in [-0.2, -0.15) is 27.8 Å². The van der Waals surface area contributed by atoms with E-state index in [1.807, 2.05) is 5.32 Å². The van der Waals surface area contributed by atoms with Crippen LogP contribution >= 0.6 is 11.6 Å². The van der Waals surface area contributed by atoms with Crippen molar-refractivity contribution < 1.29 is 26.3 Å². The van der Waals surface area contributed by atoms with Gasteiger partial charge < -0.3 is 5.32 Å². The van der Waals surface area contributed by atoms with Crippen LogP contribution in [0.1, 0.15) is 12.5 Å². The molecule has 0 fully saturated rings. The smallest absolute Gasteiger partial charge is 0.358 e. The molecule has 166 valence electrons. The normalized spacial score (nSPS) is 12.8. The Morgan fingerprint density at radius 2 is 1.68 bits per heavy atom. The van der Waals surface area contributed by atoms with E-state index in [0.717, 1.165) is 11.6 Å². The third-order valence-electron chi connectivity index (χ3n) is 4.37. The molecule has 2 aromatic heterocycles. The van der Waals surface area contributed by atoms with E-state index in [1.54, 1.807) is 0 Å². The second-order valence-corrected chi connectivity index (χ2v) is 7.05. The molecule has 6 nitrogen and oxygen atoms in total. The average molecular weight is 466 g/mol. The molecule has 1 atom stereocenters. The number of alkyl halides is 3. The summed E-state index contributed by atoms with van der Waals surface area (Å²) in [5, 5.41) is 1.35. The quantitative estimate of drug-likeness (QED) is 0.459. The summed E-state index contributed by atoms with van der Waals surface area (Å²) in [6, 6.07) is -1.54. The van der Waals surface area contributed by atoms with E-state index in [9.17, 15) is 31.1 Å². The largest absolute Gasteiger partial charge is 0.408 e. The van der Waals surface area contributed by atoms with E-state index in [-0.39, 0.29) is 5.56 Å². The summed E-state index contributed by atoms with van der Waals surface area (Å²) in [5.74, 6) is -5.23. The summed E-state index contributed by atoms with van der Waals surface area (Å²) in [6.07, 6.45) is -3.34. The van der Waals surface area contributed by atoms with Gasteiger partial charge in [0.15, 0.2) is 0 Å². The maximum Gasteiger partial charge on any atom is 0.408 e. The molecule has 0 radical (unpaired) electrons. The van der Waals surface area contributed by atoms with Crippen LogP contribution in [0.2, 0.25) is 5.15 Å². The summed E-state index contributed by atoms with van der Waals surface area (Å²) in [5.41, 5.74) is -1.89. The van der Waals surface area contributed by atoms with Gasteiger partial charge in [-0.05, 0) is 13.8 Å². The second kappa shape index (κ2) is 7.91. The predicted molar refractivity (Wildman–Crippen MR) is 101 cm³/mol. The van der Waals surface area contributed by atoms with Gasteiger partial charge in [-0.3, -0.25) is 9.48 Å². The lowest BCUT2D eigenvalue weighted by Gasteiger charge is -2.21. The standard InChI is InChI=1S/C18H14ClF6N5O/c1-7-6-29(3)30(16(7)31)17-27-14(19)13(12-10(21)4-9(20)5-11(12)22)15(28-17)26-8(2)18(23,24)25/h4-6,8H,1-3H3,(H,26,27,28)/t8-/m0/s1. The third-order valence-corrected chi connectivity index (χ3v) is 4.64. The zero-order chi connectivity index (χ0) is 23.2. The molecule has 31 heavy (non-hydrogen) atoms. The van der Waals surface area contributed by atoms with Crippen molar-refractivity contribution in [3.8, 4) is 17.1 Å². The van der Waals surface area contributed by atoms with Crippen molar-refractivity contribution in [3.63, 3.8) is 0 Å². The fourth-order valence-electron chi connectivity index (χ4n) is 2.85. The number of hydrogen-bond donors (Lipinski definition) is 1. The van der Waals surface area contributed by atoms with Crippen LogP contribution in [0.4, 0.5) is 32.2 Å². The molecular formula is C18H14ClF6N5O. The van der Waals surface area contributed by atoms with E-state index in [4.69, 9.17) is 11.6 Å². The number of nitrogens with one attached hydrogen (secondary N) is 1. The molecule has 1 N–H and O–H groups in total. The minimum Gasteiger partial charge on any atom is -0.358 e. The van der Waals surface area contributed by atoms with Crippen molar-refractivity contribution in [2.45, 2.75) is 26.1 Å². The van der Waals surface area contributed by atoms with Crippen LogP contribution in [-0.2, 0) is 7.05 Å². The zero-order valence-corrected chi connectivity index (χ0v) is 16.9. The van der Waals surface area contributed by atoms with Gasteiger partial charge >= 0.3 is 6.18 Å². The van der Waals surface area contributed by atoms with Crippen LogP contribution in [0.25, 0.3) is 17.1 Å². The van der Waals surface area contributed by atoms with E-state index >= 15 is 0 Å². The molecule has 0 unspecified atom stereocenters. The Balaban J connectivity index is 2.32. The molecule has 13 heteroatoms. The van der Waals surface area contributed by atoms with E-state index in [0.29, 0.717) is 12.1 Å². The number of aromatic nitrogens is 4. The highest BCUT2D eigenvalue weighted by molar-refractivity contribution is 6.32. The maximum atomic E-state index is 14.4. The van der Waals surface area contributed by atoms with Crippen LogP contribution in [0, 0.1) is 24.4 Å². The number of aryl methyl sites for hydroxylation is 2. The van der Waals surface area contributed by atoms with Crippen molar-refractivity contribution in [2.24, 2.45) is 7.05 Å². The molecule has 0 saturated carbocycles. The monoisotopic (exact) mass is 465 g/mol. The van der Waals surface area contributed by atoms with E-state index in [2.05, 4.69) is 9.97 Å². The highest BCUT2D eigenvalue weighted by atomic mass is 35.5. The van der Waals surface area contributed by atoms with Crippen molar-refractivity contribution in [2.75, 3.05) is 5.32 Å². The summed E-state index contributed by atoms with van der Waals surface area (Å²) in [6.45, 7) is 2.23. The van der Waals surface area contributed by atoms with Crippen LogP contribution in [0.15, 0.2) is 23.1 Å². The fourth-order valence-corrected chi connectivity index (χ4v) is 3.11. The molecule has 0 amide bonds. The number of halogens is 7. The first kappa shape index (κ1) is 22.7. The highest BCUT2D eigenvalue weighted by Crippen LogP contribution is 2.38. The van der Waals surface area contributed by atoms with Crippen LogP contribution in [-0.4, -0.2) is 31.5 Å². The topological polar surface area (TPSA) is 64.7 Å². The van der Waals surface area contributed by atoms with Gasteiger partial charge in [-0.25, -0.2) is 13.2 Å². The first-order valence-electron chi connectivity index (χ1n) is 8.62. The second-order valence-electron chi connectivity index (χ2n) is 6.69. The lowest BCUT2D eigenvalue weighted by atomic mass is 10.1. The molecule has 0 spiro atoms. The Labute approximate surface area is 176 Å². The Bertz CT molecular complexity index is 1200. The van der Waals surface area contributed by atoms with Gasteiger partial charge in [0, 0.05) is 30.9 Å². The molecule has 0 aliphatic rings. The van der Waals surface area contributed by atoms with Gasteiger partial charge in [0.25, 0.3) is 11.5 Å². The van der Waals surface area contributed by atoms with Crippen LogP contribution in [0.3, 0.4) is 0 Å². The number of hydrogen-bond acceptors (Lipinski definition) is 4. The molecule has 1 aromatic carbocycles. The first-order valence-corrected chi connectivity index (χ1v) is 9.00. The molecule has 3 aromatic rings. The zero-order valence-electron chi connectivity index (χ0n) is 16.2. The predicted octanol–water partition coefficient (Wildman–Crippen LogP) is 4.37. The molecule has 0 bridgehead atoms. The summed E-state index contributed by atoms with van der Waals surface area (Å²) >= 11 is 6.09. The van der Waals surface area contributed by atoms with Crippen molar-refractivity contribution in [3.05, 3.63) is 56.9 Å². The molecule has 0 aliphatic carbocycles. The SMILES string of the molecule is Cc1cn(C)n(-c2nc(Cl)c(-c3c(F)cc(F)cc3F)c(N[C@@H](C)C(F)(F)F)n2)c1=O. The lowest BCUT2D eigenvalue weighted by Crippen LogP contribution is -2.34. The van der Waals surface area contributed by atoms with Crippen molar-refractivity contribution in [1.29, 1.82) is 0 Å². The molecule has 2 heterocycles. The van der Waals surface area contributed by atoms with Gasteiger partial charge in [-0.1, -0.05) is 11.6 Å². The fraction of sp³-hybridized carbons (Fsp3) is 0.278. The number of anilines is 1. The number of benzene rings is 1. The summed E-state index contributed by atoms with van der Waals surface area (Å²) in [7, 11) is 1.45. The molecule has 0 saturated heterocycles. The Morgan fingerprint density at radius 3 is 2.16 bits per heavy atom. The van der Waals surface area contributed by atoms with Gasteiger partial charge in [0.2, 0.25) is 0 Å². The van der Waals surface area contributed by atoms with Crippen molar-refractivity contribution >= 4 is 17.4 Å². The third kappa shape index (κ3) is 4.24. The molecule has 0 aliphatic heterocycles. The lowest BCUT2D eigenvalue weighted by molar-refractivity contribution is -0.138. The maximum absolute atomic E-state index is 14.4. The first-order chi connectivity index (χ1) is 14.3. The Kier molecular flexibility index (Phi) is 5.78. The molecule has 3 rings (SSSR count). The van der Waals surface area contributed by atoms with E-state index in [1.165, 1.54) is 24.9 Å². The Hall–Kier alpha value is -3.02. The molecular weight excluding hydrogens is 452 g/mol. The van der Waals surface area contributed by atoms with Gasteiger partial charge in [-0.15, -0.1) is 0 Å². The Morgan fingerprint density at radius 1 is 1.10 bits per heavy atom.